The molecule has 3 heteroatoms. The molecule has 0 heterocycles. The lowest BCUT2D eigenvalue weighted by Crippen LogP contribution is -2.10. The maximum absolute atomic E-state index is 11.6. The average molecular weight is 222 g/mol. The third-order valence-corrected chi connectivity index (χ3v) is 1.99. The van der Waals surface area contributed by atoms with Crippen LogP contribution in [0.5, 0.6) is 0 Å². The van der Waals surface area contributed by atoms with Crippen LogP contribution in [0.2, 0.25) is 0 Å². The molecule has 0 N–H and O–H groups in total. The number of rotatable bonds is 4. The average Bonchev–Trinajstić information content (AvgIpc) is 2.15. The van der Waals surface area contributed by atoms with Gasteiger partial charge >= 0.3 is 5.97 Å². The Labute approximate surface area is 96.3 Å². The van der Waals surface area contributed by atoms with Gasteiger partial charge in [-0.25, -0.2) is 4.79 Å². The first kappa shape index (κ1) is 12.7. The number of carbonyl (C=O) groups is 1. The van der Waals surface area contributed by atoms with Crippen molar-refractivity contribution in [3.05, 3.63) is 34.9 Å². The van der Waals surface area contributed by atoms with E-state index in [1.165, 1.54) is 0 Å². The van der Waals surface area contributed by atoms with Crippen LogP contribution in [-0.2, 0) is 9.78 Å². The quantitative estimate of drug-likeness (QED) is 0.580. The van der Waals surface area contributed by atoms with Crippen LogP contribution < -0.4 is 0 Å². The van der Waals surface area contributed by atoms with Crippen molar-refractivity contribution < 1.29 is 14.6 Å². The summed E-state index contributed by atoms with van der Waals surface area (Å²) < 4.78 is 0. The summed E-state index contributed by atoms with van der Waals surface area (Å²) in [6, 6.07) is 5.58. The zero-order chi connectivity index (χ0) is 12.1. The van der Waals surface area contributed by atoms with Crippen LogP contribution in [0, 0.1) is 19.8 Å². The van der Waals surface area contributed by atoms with Gasteiger partial charge in [-0.15, -0.1) is 0 Å². The third-order valence-electron chi connectivity index (χ3n) is 1.99. The largest absolute Gasteiger partial charge is 0.373 e. The molecule has 1 aromatic rings. The Balaban J connectivity index is 2.59. The van der Waals surface area contributed by atoms with Gasteiger partial charge in [-0.3, -0.25) is 4.89 Å². The first-order valence-electron chi connectivity index (χ1n) is 5.41. The van der Waals surface area contributed by atoms with Crippen LogP contribution in [0.15, 0.2) is 18.2 Å². The van der Waals surface area contributed by atoms with E-state index in [1.807, 2.05) is 33.8 Å². The lowest BCUT2D eigenvalue weighted by molar-refractivity contribution is -0.246. The van der Waals surface area contributed by atoms with E-state index in [2.05, 4.69) is 0 Å². The van der Waals surface area contributed by atoms with E-state index in [9.17, 15) is 4.79 Å². The number of carbonyl (C=O) groups excluding carboxylic acids is 1. The lowest BCUT2D eigenvalue weighted by Gasteiger charge is -2.06. The highest BCUT2D eigenvalue weighted by Gasteiger charge is 2.09. The second-order valence-electron chi connectivity index (χ2n) is 4.43. The Kier molecular flexibility index (Phi) is 4.50. The molecule has 0 amide bonds. The Hall–Kier alpha value is -1.35. The summed E-state index contributed by atoms with van der Waals surface area (Å²) in [4.78, 5) is 21.1. The van der Waals surface area contributed by atoms with E-state index in [4.69, 9.17) is 9.78 Å². The van der Waals surface area contributed by atoms with E-state index >= 15 is 0 Å². The molecule has 0 unspecified atom stereocenters. The summed E-state index contributed by atoms with van der Waals surface area (Å²) in [5, 5.41) is 0. The maximum atomic E-state index is 11.6. The van der Waals surface area contributed by atoms with Crippen LogP contribution in [0.1, 0.15) is 35.3 Å². The fourth-order valence-electron chi connectivity index (χ4n) is 1.36. The molecule has 0 fully saturated rings. The minimum atomic E-state index is -0.438. The fraction of sp³-hybridized carbons (Fsp3) is 0.462. The van der Waals surface area contributed by atoms with E-state index < -0.39 is 5.97 Å². The van der Waals surface area contributed by atoms with Crippen molar-refractivity contribution in [1.82, 2.24) is 0 Å². The molecule has 0 aliphatic rings. The summed E-state index contributed by atoms with van der Waals surface area (Å²) in [6.07, 6.45) is 0. The monoisotopic (exact) mass is 222 g/mol. The summed E-state index contributed by atoms with van der Waals surface area (Å²) >= 11 is 0. The van der Waals surface area contributed by atoms with Gasteiger partial charge in [0, 0.05) is 0 Å². The summed E-state index contributed by atoms with van der Waals surface area (Å²) in [6.45, 7) is 8.28. The highest BCUT2D eigenvalue weighted by Crippen LogP contribution is 2.10. The number of benzene rings is 1. The van der Waals surface area contributed by atoms with Gasteiger partial charge in [0.2, 0.25) is 0 Å². The lowest BCUT2D eigenvalue weighted by atomic mass is 10.1. The standard InChI is InChI=1S/C13H18O3/c1-9(2)8-15-16-13(14)12-6-10(3)5-11(4)7-12/h5-7,9H,8H2,1-4H3. The molecule has 0 aromatic heterocycles. The van der Waals surface area contributed by atoms with Crippen molar-refractivity contribution in [1.29, 1.82) is 0 Å². The van der Waals surface area contributed by atoms with E-state index in [1.54, 1.807) is 12.1 Å². The molecule has 0 bridgehead atoms. The van der Waals surface area contributed by atoms with Gasteiger partial charge < -0.3 is 0 Å². The van der Waals surface area contributed by atoms with Crippen molar-refractivity contribution in [3.8, 4) is 0 Å². The fourth-order valence-corrected chi connectivity index (χ4v) is 1.36. The Morgan fingerprint density at radius 3 is 2.25 bits per heavy atom. The normalized spacial score (nSPS) is 10.6. The maximum Gasteiger partial charge on any atom is 0.373 e. The van der Waals surface area contributed by atoms with E-state index in [-0.39, 0.29) is 0 Å². The molecule has 16 heavy (non-hydrogen) atoms. The predicted molar refractivity (Wildman–Crippen MR) is 62.1 cm³/mol. The Bertz CT molecular complexity index is 349. The molecule has 0 radical (unpaired) electrons. The molecular formula is C13H18O3. The first-order valence-corrected chi connectivity index (χ1v) is 5.41. The Morgan fingerprint density at radius 2 is 1.75 bits per heavy atom. The van der Waals surface area contributed by atoms with Crippen molar-refractivity contribution >= 4 is 5.97 Å². The summed E-state index contributed by atoms with van der Waals surface area (Å²) in [5.41, 5.74) is 2.60. The van der Waals surface area contributed by atoms with Gasteiger partial charge in [0.1, 0.15) is 0 Å². The van der Waals surface area contributed by atoms with Crippen LogP contribution in [0.25, 0.3) is 0 Å². The van der Waals surface area contributed by atoms with E-state index in [0.29, 0.717) is 18.1 Å². The topological polar surface area (TPSA) is 35.5 Å². The van der Waals surface area contributed by atoms with Crippen molar-refractivity contribution in [3.63, 3.8) is 0 Å². The molecule has 0 aliphatic carbocycles. The molecule has 1 aromatic carbocycles. The van der Waals surface area contributed by atoms with Gasteiger partial charge in [-0.2, -0.15) is 4.89 Å². The van der Waals surface area contributed by atoms with Gasteiger partial charge in [0.15, 0.2) is 0 Å². The molecule has 1 rings (SSSR count). The van der Waals surface area contributed by atoms with Gasteiger partial charge in [-0.1, -0.05) is 31.0 Å². The number of hydrogen-bond acceptors (Lipinski definition) is 3. The van der Waals surface area contributed by atoms with Gasteiger partial charge in [-0.05, 0) is 31.9 Å². The molecular weight excluding hydrogens is 204 g/mol. The van der Waals surface area contributed by atoms with Crippen molar-refractivity contribution in [2.24, 2.45) is 5.92 Å². The van der Waals surface area contributed by atoms with Gasteiger partial charge in [0.25, 0.3) is 0 Å². The highest BCUT2D eigenvalue weighted by atomic mass is 17.2. The molecule has 88 valence electrons. The van der Waals surface area contributed by atoms with Crippen LogP contribution in [0.4, 0.5) is 0 Å². The molecule has 0 saturated heterocycles. The van der Waals surface area contributed by atoms with Crippen LogP contribution in [0.3, 0.4) is 0 Å². The smallest absolute Gasteiger partial charge is 0.293 e. The number of aryl methyl sites for hydroxylation is 2. The zero-order valence-corrected chi connectivity index (χ0v) is 10.2. The summed E-state index contributed by atoms with van der Waals surface area (Å²) in [5.74, 6) is -0.0977. The van der Waals surface area contributed by atoms with E-state index in [0.717, 1.165) is 11.1 Å². The minimum Gasteiger partial charge on any atom is -0.293 e. The van der Waals surface area contributed by atoms with Crippen LogP contribution in [-0.4, -0.2) is 12.6 Å². The van der Waals surface area contributed by atoms with Gasteiger partial charge in [0.05, 0.1) is 12.2 Å². The van der Waals surface area contributed by atoms with Crippen molar-refractivity contribution in [2.75, 3.05) is 6.61 Å². The molecule has 0 spiro atoms. The molecule has 0 aliphatic heterocycles. The molecule has 0 atom stereocenters. The van der Waals surface area contributed by atoms with Crippen molar-refractivity contribution in [2.45, 2.75) is 27.7 Å². The first-order chi connectivity index (χ1) is 7.49. The third kappa shape index (κ3) is 4.03. The molecule has 3 nitrogen and oxygen atoms in total. The zero-order valence-electron chi connectivity index (χ0n) is 10.2. The second kappa shape index (κ2) is 5.66. The Morgan fingerprint density at radius 1 is 1.19 bits per heavy atom. The van der Waals surface area contributed by atoms with Crippen LogP contribution >= 0.6 is 0 Å². The molecule has 0 saturated carbocycles. The minimum absolute atomic E-state index is 0.340. The number of hydrogen-bond donors (Lipinski definition) is 0. The summed E-state index contributed by atoms with van der Waals surface area (Å²) in [7, 11) is 0. The highest BCUT2D eigenvalue weighted by molar-refractivity contribution is 5.89. The second-order valence-corrected chi connectivity index (χ2v) is 4.43. The SMILES string of the molecule is Cc1cc(C)cc(C(=O)OOCC(C)C)c1. The predicted octanol–water partition coefficient (Wildman–Crippen LogP) is 3.05.